The Morgan fingerprint density at radius 1 is 1.19 bits per heavy atom. The number of anilines is 2. The van der Waals surface area contributed by atoms with E-state index in [9.17, 15) is 4.79 Å². The van der Waals surface area contributed by atoms with Gasteiger partial charge >= 0.3 is 0 Å². The minimum atomic E-state index is -0.104. The van der Waals surface area contributed by atoms with Crippen LogP contribution in [0.5, 0.6) is 0 Å². The Bertz CT molecular complexity index is 611. The van der Waals surface area contributed by atoms with E-state index in [2.05, 4.69) is 22.3 Å². The van der Waals surface area contributed by atoms with E-state index in [0.717, 1.165) is 18.7 Å². The third-order valence-electron chi connectivity index (χ3n) is 3.51. The maximum atomic E-state index is 11.7. The van der Waals surface area contributed by atoms with Crippen LogP contribution in [0.15, 0.2) is 48.5 Å². The number of likely N-dealkylation sites (N-methyl/N-ethyl adjacent to an activating group) is 1. The van der Waals surface area contributed by atoms with E-state index < -0.39 is 0 Å². The lowest BCUT2D eigenvalue weighted by Gasteiger charge is -2.22. The summed E-state index contributed by atoms with van der Waals surface area (Å²) in [5, 5.41) is 2.63. The Labute approximate surface area is 125 Å². The molecule has 0 spiro atoms. The zero-order chi connectivity index (χ0) is 15.2. The predicted octanol–water partition coefficient (Wildman–Crippen LogP) is 2.31. The van der Waals surface area contributed by atoms with E-state index in [0.29, 0.717) is 11.3 Å². The lowest BCUT2D eigenvalue weighted by molar-refractivity contribution is 0.0963. The summed E-state index contributed by atoms with van der Waals surface area (Å²) in [4.78, 5) is 13.8. The molecule has 2 aromatic rings. The van der Waals surface area contributed by atoms with Gasteiger partial charge in [0.1, 0.15) is 0 Å². The number of nitrogens with two attached hydrogens (primary N) is 1. The largest absolute Gasteiger partial charge is 0.397 e. The highest BCUT2D eigenvalue weighted by Crippen LogP contribution is 2.24. The average molecular weight is 283 g/mol. The molecule has 4 nitrogen and oxygen atoms in total. The second kappa shape index (κ2) is 6.79. The van der Waals surface area contributed by atoms with Gasteiger partial charge in [0.2, 0.25) is 0 Å². The first-order chi connectivity index (χ1) is 10.1. The molecule has 0 radical (unpaired) electrons. The molecule has 1 amide bonds. The molecular weight excluding hydrogens is 262 g/mol. The van der Waals surface area contributed by atoms with Gasteiger partial charge < -0.3 is 16.0 Å². The molecule has 0 unspecified atom stereocenters. The summed E-state index contributed by atoms with van der Waals surface area (Å²) in [6.07, 6.45) is 0.932. The Morgan fingerprint density at radius 2 is 1.90 bits per heavy atom. The average Bonchev–Trinajstić information content (AvgIpc) is 2.53. The van der Waals surface area contributed by atoms with E-state index in [-0.39, 0.29) is 5.91 Å². The lowest BCUT2D eigenvalue weighted by Crippen LogP contribution is -2.23. The topological polar surface area (TPSA) is 58.4 Å². The van der Waals surface area contributed by atoms with E-state index in [1.165, 1.54) is 5.56 Å². The number of rotatable bonds is 5. The highest BCUT2D eigenvalue weighted by molar-refractivity contribution is 5.96. The molecule has 0 saturated carbocycles. The van der Waals surface area contributed by atoms with Crippen LogP contribution in [0.4, 0.5) is 11.4 Å². The van der Waals surface area contributed by atoms with Gasteiger partial charge in [0.05, 0.1) is 11.4 Å². The van der Waals surface area contributed by atoms with Gasteiger partial charge in [-0.3, -0.25) is 4.79 Å². The van der Waals surface area contributed by atoms with Crippen molar-refractivity contribution in [3.8, 4) is 0 Å². The van der Waals surface area contributed by atoms with Crippen molar-refractivity contribution in [2.24, 2.45) is 0 Å². The number of hydrogen-bond acceptors (Lipinski definition) is 3. The molecule has 0 heterocycles. The quantitative estimate of drug-likeness (QED) is 0.828. The number of carbonyl (C=O) groups is 1. The molecule has 0 atom stereocenters. The van der Waals surface area contributed by atoms with Crippen molar-refractivity contribution in [2.45, 2.75) is 6.42 Å². The summed E-state index contributed by atoms with van der Waals surface area (Å²) in [5.41, 5.74) is 9.49. The van der Waals surface area contributed by atoms with E-state index in [1.54, 1.807) is 19.2 Å². The molecule has 0 aromatic heterocycles. The lowest BCUT2D eigenvalue weighted by atomic mass is 10.1. The Hall–Kier alpha value is -2.49. The number of benzene rings is 2. The molecule has 0 bridgehead atoms. The Kier molecular flexibility index (Phi) is 4.82. The number of nitrogen functional groups attached to an aromatic ring is 1. The first-order valence-corrected chi connectivity index (χ1v) is 6.98. The summed E-state index contributed by atoms with van der Waals surface area (Å²) < 4.78 is 0. The van der Waals surface area contributed by atoms with Gasteiger partial charge in [-0.05, 0) is 30.2 Å². The third-order valence-corrected chi connectivity index (χ3v) is 3.51. The van der Waals surface area contributed by atoms with Crippen molar-refractivity contribution in [1.82, 2.24) is 5.32 Å². The monoisotopic (exact) mass is 283 g/mol. The summed E-state index contributed by atoms with van der Waals surface area (Å²) >= 11 is 0. The molecular formula is C17H21N3O. The van der Waals surface area contributed by atoms with Crippen molar-refractivity contribution < 1.29 is 4.79 Å². The van der Waals surface area contributed by atoms with Crippen molar-refractivity contribution >= 4 is 17.3 Å². The minimum absolute atomic E-state index is 0.104. The minimum Gasteiger partial charge on any atom is -0.397 e. The van der Waals surface area contributed by atoms with Crippen LogP contribution in [0.25, 0.3) is 0 Å². The molecule has 0 aliphatic heterocycles. The van der Waals surface area contributed by atoms with E-state index in [4.69, 9.17) is 5.73 Å². The predicted molar refractivity (Wildman–Crippen MR) is 87.7 cm³/mol. The van der Waals surface area contributed by atoms with Gasteiger partial charge in [-0.25, -0.2) is 0 Å². The van der Waals surface area contributed by atoms with Crippen molar-refractivity contribution in [1.29, 1.82) is 0 Å². The molecule has 4 heteroatoms. The van der Waals surface area contributed by atoms with Crippen LogP contribution in [0, 0.1) is 0 Å². The van der Waals surface area contributed by atoms with Gasteiger partial charge in [0.25, 0.3) is 5.91 Å². The third kappa shape index (κ3) is 3.75. The van der Waals surface area contributed by atoms with Crippen LogP contribution in [-0.2, 0) is 6.42 Å². The maximum Gasteiger partial charge on any atom is 0.251 e. The van der Waals surface area contributed by atoms with Crippen molar-refractivity contribution in [2.75, 3.05) is 31.3 Å². The van der Waals surface area contributed by atoms with Gasteiger partial charge in [0, 0.05) is 26.2 Å². The fourth-order valence-corrected chi connectivity index (χ4v) is 2.22. The van der Waals surface area contributed by atoms with Crippen molar-refractivity contribution in [3.63, 3.8) is 0 Å². The van der Waals surface area contributed by atoms with E-state index in [1.807, 2.05) is 31.3 Å². The van der Waals surface area contributed by atoms with E-state index >= 15 is 0 Å². The molecule has 110 valence electrons. The van der Waals surface area contributed by atoms with Crippen LogP contribution in [0.3, 0.4) is 0 Å². The summed E-state index contributed by atoms with van der Waals surface area (Å²) in [7, 11) is 3.61. The molecule has 0 aliphatic rings. The second-order valence-corrected chi connectivity index (χ2v) is 5.01. The van der Waals surface area contributed by atoms with Gasteiger partial charge in [-0.15, -0.1) is 0 Å². The van der Waals surface area contributed by atoms with Crippen LogP contribution in [0.2, 0.25) is 0 Å². The van der Waals surface area contributed by atoms with Crippen LogP contribution >= 0.6 is 0 Å². The summed E-state index contributed by atoms with van der Waals surface area (Å²) in [6, 6.07) is 15.7. The fraction of sp³-hybridized carbons (Fsp3) is 0.235. The highest BCUT2D eigenvalue weighted by Gasteiger charge is 2.10. The van der Waals surface area contributed by atoms with Crippen molar-refractivity contribution in [3.05, 3.63) is 59.7 Å². The molecule has 21 heavy (non-hydrogen) atoms. The fourth-order valence-electron chi connectivity index (χ4n) is 2.22. The normalized spacial score (nSPS) is 10.2. The number of amides is 1. The Balaban J connectivity index is 2.11. The molecule has 2 aromatic carbocycles. The number of hydrogen-bond donors (Lipinski definition) is 2. The standard InChI is InChI=1S/C17H21N3O/c1-19-17(21)14-8-9-15(18)16(12-14)20(2)11-10-13-6-4-3-5-7-13/h3-9,12H,10-11,18H2,1-2H3,(H,19,21). The summed E-state index contributed by atoms with van der Waals surface area (Å²) in [6.45, 7) is 0.839. The smallest absolute Gasteiger partial charge is 0.251 e. The zero-order valence-corrected chi connectivity index (χ0v) is 12.5. The SMILES string of the molecule is CNC(=O)c1ccc(N)c(N(C)CCc2ccccc2)c1. The van der Waals surface area contributed by atoms with Crippen LogP contribution in [-0.4, -0.2) is 26.5 Å². The molecule has 0 aliphatic carbocycles. The Morgan fingerprint density at radius 3 is 2.57 bits per heavy atom. The first kappa shape index (κ1) is 14.9. The highest BCUT2D eigenvalue weighted by atomic mass is 16.1. The van der Waals surface area contributed by atoms with Gasteiger partial charge in [-0.2, -0.15) is 0 Å². The maximum absolute atomic E-state index is 11.7. The van der Waals surface area contributed by atoms with Gasteiger partial charge in [0.15, 0.2) is 0 Å². The molecule has 0 fully saturated rings. The molecule has 0 saturated heterocycles. The molecule has 2 rings (SSSR count). The van der Waals surface area contributed by atoms with Crippen LogP contribution < -0.4 is 16.0 Å². The zero-order valence-electron chi connectivity index (χ0n) is 12.5. The second-order valence-electron chi connectivity index (χ2n) is 5.01. The number of nitrogens with one attached hydrogen (secondary N) is 1. The van der Waals surface area contributed by atoms with Crippen LogP contribution in [0.1, 0.15) is 15.9 Å². The number of nitrogens with zero attached hydrogens (tertiary/aromatic N) is 1. The first-order valence-electron chi connectivity index (χ1n) is 6.98. The summed E-state index contributed by atoms with van der Waals surface area (Å²) in [5.74, 6) is -0.104. The molecule has 3 N–H and O–H groups in total. The number of carbonyl (C=O) groups excluding carboxylic acids is 1. The van der Waals surface area contributed by atoms with Gasteiger partial charge in [-0.1, -0.05) is 30.3 Å².